The van der Waals surface area contributed by atoms with Gasteiger partial charge in [-0.05, 0) is 42.7 Å². The Morgan fingerprint density at radius 2 is 1.44 bits per heavy atom. The molecular weight excluding hydrogens is 344 g/mol. The minimum atomic E-state index is -1.12. The van der Waals surface area contributed by atoms with Crippen LogP contribution in [0.5, 0.6) is 0 Å². The SMILES string of the molecule is CCCc1ccc(C(=O)OC(CCC)C(=O)OC(=O)c2ccccc2)cc1. The van der Waals surface area contributed by atoms with Gasteiger partial charge in [-0.1, -0.05) is 57.0 Å². The van der Waals surface area contributed by atoms with Crippen molar-refractivity contribution >= 4 is 17.9 Å². The zero-order valence-electron chi connectivity index (χ0n) is 15.6. The highest BCUT2D eigenvalue weighted by atomic mass is 16.6. The van der Waals surface area contributed by atoms with E-state index in [4.69, 9.17) is 9.47 Å². The number of rotatable bonds is 8. The van der Waals surface area contributed by atoms with E-state index in [2.05, 4.69) is 6.92 Å². The Morgan fingerprint density at radius 1 is 0.815 bits per heavy atom. The van der Waals surface area contributed by atoms with Crippen LogP contribution in [-0.4, -0.2) is 24.0 Å². The Labute approximate surface area is 159 Å². The molecule has 0 aliphatic heterocycles. The molecule has 0 saturated carbocycles. The van der Waals surface area contributed by atoms with Gasteiger partial charge in [-0.15, -0.1) is 0 Å². The standard InChI is InChI=1S/C22H24O5/c1-3-8-16-12-14-18(15-13-16)20(23)26-19(9-4-2)22(25)27-21(24)17-10-6-5-7-11-17/h5-7,10-15,19H,3-4,8-9H2,1-2H3. The number of carbonyl (C=O) groups is 3. The third-order valence-electron chi connectivity index (χ3n) is 3.99. The molecule has 2 rings (SSSR count). The molecule has 0 bridgehead atoms. The maximum absolute atomic E-state index is 12.3. The van der Waals surface area contributed by atoms with Gasteiger partial charge in [0.1, 0.15) is 0 Å². The van der Waals surface area contributed by atoms with E-state index >= 15 is 0 Å². The smallest absolute Gasteiger partial charge is 0.355 e. The summed E-state index contributed by atoms with van der Waals surface area (Å²) in [7, 11) is 0. The Bertz CT molecular complexity index is 765. The summed E-state index contributed by atoms with van der Waals surface area (Å²) in [5.74, 6) is -2.23. The lowest BCUT2D eigenvalue weighted by Crippen LogP contribution is -2.31. The molecule has 142 valence electrons. The van der Waals surface area contributed by atoms with Gasteiger partial charge in [0.2, 0.25) is 0 Å². The van der Waals surface area contributed by atoms with Crippen LogP contribution < -0.4 is 0 Å². The molecule has 0 heterocycles. The molecule has 2 aromatic rings. The summed E-state index contributed by atoms with van der Waals surface area (Å²) in [6.07, 6.45) is 1.71. The molecule has 2 aromatic carbocycles. The van der Waals surface area contributed by atoms with Gasteiger partial charge in [0, 0.05) is 0 Å². The minimum Gasteiger partial charge on any atom is -0.447 e. The van der Waals surface area contributed by atoms with E-state index in [1.807, 2.05) is 19.1 Å². The number of hydrogen-bond acceptors (Lipinski definition) is 5. The fourth-order valence-corrected chi connectivity index (χ4v) is 2.57. The van der Waals surface area contributed by atoms with Crippen LogP contribution in [0.4, 0.5) is 0 Å². The van der Waals surface area contributed by atoms with E-state index in [1.165, 1.54) is 0 Å². The zero-order chi connectivity index (χ0) is 19.6. The van der Waals surface area contributed by atoms with Gasteiger partial charge in [-0.25, -0.2) is 14.4 Å². The molecule has 0 spiro atoms. The Kier molecular flexibility index (Phi) is 7.74. The van der Waals surface area contributed by atoms with Crippen LogP contribution in [-0.2, 0) is 20.7 Å². The van der Waals surface area contributed by atoms with Crippen molar-refractivity contribution in [2.45, 2.75) is 45.6 Å². The van der Waals surface area contributed by atoms with Gasteiger partial charge < -0.3 is 9.47 Å². The monoisotopic (exact) mass is 368 g/mol. The average molecular weight is 368 g/mol. The summed E-state index contributed by atoms with van der Waals surface area (Å²) < 4.78 is 10.2. The molecule has 0 radical (unpaired) electrons. The van der Waals surface area contributed by atoms with Crippen LogP contribution >= 0.6 is 0 Å². The van der Waals surface area contributed by atoms with Crippen molar-refractivity contribution in [3.05, 3.63) is 71.3 Å². The fourth-order valence-electron chi connectivity index (χ4n) is 2.57. The van der Waals surface area contributed by atoms with Gasteiger partial charge in [0.15, 0.2) is 6.10 Å². The molecule has 0 aromatic heterocycles. The lowest BCUT2D eigenvalue weighted by molar-refractivity contribution is -0.148. The average Bonchev–Trinajstić information content (AvgIpc) is 2.69. The normalized spacial score (nSPS) is 11.5. The van der Waals surface area contributed by atoms with Crippen molar-refractivity contribution in [2.24, 2.45) is 0 Å². The fraction of sp³-hybridized carbons (Fsp3) is 0.318. The minimum absolute atomic E-state index is 0.263. The quantitative estimate of drug-likeness (QED) is 0.512. The van der Waals surface area contributed by atoms with Gasteiger partial charge >= 0.3 is 17.9 Å². The largest absolute Gasteiger partial charge is 0.447 e. The second-order valence-corrected chi connectivity index (χ2v) is 6.20. The number of carbonyl (C=O) groups excluding carboxylic acids is 3. The number of aryl methyl sites for hydroxylation is 1. The second-order valence-electron chi connectivity index (χ2n) is 6.20. The van der Waals surface area contributed by atoms with Crippen molar-refractivity contribution in [1.29, 1.82) is 0 Å². The van der Waals surface area contributed by atoms with E-state index in [1.54, 1.807) is 42.5 Å². The van der Waals surface area contributed by atoms with E-state index in [0.29, 0.717) is 12.0 Å². The van der Waals surface area contributed by atoms with Crippen LogP contribution in [0.2, 0.25) is 0 Å². The van der Waals surface area contributed by atoms with E-state index in [0.717, 1.165) is 18.4 Å². The molecule has 1 unspecified atom stereocenters. The van der Waals surface area contributed by atoms with Crippen molar-refractivity contribution in [3.8, 4) is 0 Å². The van der Waals surface area contributed by atoms with Crippen LogP contribution in [0.25, 0.3) is 0 Å². The Balaban J connectivity index is 2.01. The first-order chi connectivity index (χ1) is 13.0. The summed E-state index contributed by atoms with van der Waals surface area (Å²) in [6, 6.07) is 15.3. The van der Waals surface area contributed by atoms with E-state index in [-0.39, 0.29) is 12.0 Å². The predicted molar refractivity (Wildman–Crippen MR) is 101 cm³/mol. The van der Waals surface area contributed by atoms with Gasteiger partial charge in [0.25, 0.3) is 0 Å². The predicted octanol–water partition coefficient (Wildman–Crippen LogP) is 4.35. The maximum Gasteiger partial charge on any atom is 0.355 e. The zero-order valence-corrected chi connectivity index (χ0v) is 15.6. The first-order valence-corrected chi connectivity index (χ1v) is 9.16. The van der Waals surface area contributed by atoms with Gasteiger partial charge in [-0.2, -0.15) is 0 Å². The van der Waals surface area contributed by atoms with E-state index < -0.39 is 24.0 Å². The molecule has 0 aliphatic rings. The van der Waals surface area contributed by atoms with Crippen LogP contribution in [0.1, 0.15) is 59.4 Å². The van der Waals surface area contributed by atoms with Crippen LogP contribution in [0.3, 0.4) is 0 Å². The van der Waals surface area contributed by atoms with Crippen LogP contribution in [0.15, 0.2) is 54.6 Å². The summed E-state index contributed by atoms with van der Waals surface area (Å²) >= 11 is 0. The molecule has 0 saturated heterocycles. The summed E-state index contributed by atoms with van der Waals surface area (Å²) in [5, 5.41) is 0. The molecule has 0 aliphatic carbocycles. The Hall–Kier alpha value is -2.95. The van der Waals surface area contributed by atoms with Gasteiger partial charge in [0.05, 0.1) is 11.1 Å². The lowest BCUT2D eigenvalue weighted by atomic mass is 10.1. The summed E-state index contributed by atoms with van der Waals surface area (Å²) in [6.45, 7) is 3.94. The number of benzene rings is 2. The van der Waals surface area contributed by atoms with Crippen molar-refractivity contribution in [1.82, 2.24) is 0 Å². The molecule has 0 fully saturated rings. The molecule has 0 N–H and O–H groups in total. The topological polar surface area (TPSA) is 69.7 Å². The van der Waals surface area contributed by atoms with Crippen molar-refractivity contribution in [2.75, 3.05) is 0 Å². The molecule has 0 amide bonds. The lowest BCUT2D eigenvalue weighted by Gasteiger charge is -2.15. The highest BCUT2D eigenvalue weighted by molar-refractivity contribution is 5.99. The number of hydrogen-bond donors (Lipinski definition) is 0. The molecule has 5 heteroatoms. The van der Waals surface area contributed by atoms with E-state index in [9.17, 15) is 14.4 Å². The van der Waals surface area contributed by atoms with Crippen molar-refractivity contribution < 1.29 is 23.9 Å². The second kappa shape index (κ2) is 10.3. The molecule has 27 heavy (non-hydrogen) atoms. The third kappa shape index (κ3) is 6.06. The molecule has 5 nitrogen and oxygen atoms in total. The highest BCUT2D eigenvalue weighted by Crippen LogP contribution is 2.13. The number of ether oxygens (including phenoxy) is 2. The number of esters is 3. The van der Waals surface area contributed by atoms with Crippen molar-refractivity contribution in [3.63, 3.8) is 0 Å². The molecular formula is C22H24O5. The first kappa shape index (κ1) is 20.4. The third-order valence-corrected chi connectivity index (χ3v) is 3.99. The summed E-state index contributed by atoms with van der Waals surface area (Å²) in [4.78, 5) is 36.7. The van der Waals surface area contributed by atoms with Crippen LogP contribution in [0, 0.1) is 0 Å². The first-order valence-electron chi connectivity index (χ1n) is 9.16. The maximum atomic E-state index is 12.3. The highest BCUT2D eigenvalue weighted by Gasteiger charge is 2.27. The summed E-state index contributed by atoms with van der Waals surface area (Å²) in [5.41, 5.74) is 1.75. The molecule has 1 atom stereocenters. The Morgan fingerprint density at radius 3 is 2.04 bits per heavy atom. The van der Waals surface area contributed by atoms with Gasteiger partial charge in [-0.3, -0.25) is 0 Å².